The van der Waals surface area contributed by atoms with E-state index in [9.17, 15) is 0 Å². The Morgan fingerprint density at radius 1 is 0.294 bits per heavy atom. The summed E-state index contributed by atoms with van der Waals surface area (Å²) in [5, 5.41) is 0. The summed E-state index contributed by atoms with van der Waals surface area (Å²) >= 11 is 0. The van der Waals surface area contributed by atoms with Crippen LogP contribution in [0.3, 0.4) is 0 Å². The molecular formula is C50H32O. The van der Waals surface area contributed by atoms with E-state index in [0.717, 1.165) is 11.5 Å². The molecule has 8 aromatic rings. The molecule has 11 rings (SSSR count). The molecule has 0 saturated heterocycles. The van der Waals surface area contributed by atoms with Crippen molar-refractivity contribution in [3.8, 4) is 44.9 Å². The Morgan fingerprint density at radius 2 is 0.745 bits per heavy atom. The number of fused-ring (bicyclic) bond motifs is 12. The summed E-state index contributed by atoms with van der Waals surface area (Å²) in [6.45, 7) is 0. The van der Waals surface area contributed by atoms with Gasteiger partial charge in [-0.25, -0.2) is 0 Å². The number of benzene rings is 8. The van der Waals surface area contributed by atoms with Crippen LogP contribution in [0.4, 0.5) is 0 Å². The second kappa shape index (κ2) is 10.5. The van der Waals surface area contributed by atoms with E-state index >= 15 is 0 Å². The van der Waals surface area contributed by atoms with Crippen LogP contribution >= 0.6 is 0 Å². The van der Waals surface area contributed by atoms with Crippen molar-refractivity contribution in [2.45, 2.75) is 10.8 Å². The first-order valence-electron chi connectivity index (χ1n) is 17.8. The predicted molar refractivity (Wildman–Crippen MR) is 207 cm³/mol. The Hall–Kier alpha value is -6.44. The zero-order valence-corrected chi connectivity index (χ0v) is 27.9. The second-order valence-corrected chi connectivity index (χ2v) is 13.9. The Bertz CT molecular complexity index is 2580. The van der Waals surface area contributed by atoms with E-state index < -0.39 is 10.8 Å². The van der Waals surface area contributed by atoms with Gasteiger partial charge < -0.3 is 4.74 Å². The van der Waals surface area contributed by atoms with Gasteiger partial charge in [-0.2, -0.15) is 0 Å². The molecule has 1 heterocycles. The van der Waals surface area contributed by atoms with Gasteiger partial charge in [0.2, 0.25) is 0 Å². The van der Waals surface area contributed by atoms with Crippen LogP contribution in [-0.4, -0.2) is 0 Å². The second-order valence-electron chi connectivity index (χ2n) is 13.9. The third-order valence-electron chi connectivity index (χ3n) is 11.6. The fraction of sp³-hybridized carbons (Fsp3) is 0.0400. The normalized spacial score (nSPS) is 14.7. The van der Waals surface area contributed by atoms with Crippen molar-refractivity contribution in [1.29, 1.82) is 0 Å². The van der Waals surface area contributed by atoms with Crippen LogP contribution in [0.5, 0.6) is 11.5 Å². The molecule has 8 aromatic carbocycles. The summed E-state index contributed by atoms with van der Waals surface area (Å²) in [5.74, 6) is 1.81. The Morgan fingerprint density at radius 3 is 1.35 bits per heavy atom. The largest absolute Gasteiger partial charge is 0.457 e. The van der Waals surface area contributed by atoms with Crippen LogP contribution < -0.4 is 4.74 Å². The van der Waals surface area contributed by atoms with E-state index in [1.807, 2.05) is 0 Å². The molecule has 51 heavy (non-hydrogen) atoms. The van der Waals surface area contributed by atoms with E-state index in [-0.39, 0.29) is 0 Å². The number of hydrogen-bond acceptors (Lipinski definition) is 1. The average Bonchev–Trinajstić information content (AvgIpc) is 3.67. The van der Waals surface area contributed by atoms with Crippen molar-refractivity contribution in [2.75, 3.05) is 0 Å². The van der Waals surface area contributed by atoms with Crippen molar-refractivity contribution in [3.63, 3.8) is 0 Å². The lowest BCUT2D eigenvalue weighted by Gasteiger charge is -2.41. The van der Waals surface area contributed by atoms with Gasteiger partial charge in [0, 0.05) is 11.1 Å². The quantitative estimate of drug-likeness (QED) is 0.185. The lowest BCUT2D eigenvalue weighted by molar-refractivity contribution is 0.437. The molecule has 0 unspecified atom stereocenters. The first-order chi connectivity index (χ1) is 25.3. The van der Waals surface area contributed by atoms with Gasteiger partial charge in [-0.05, 0) is 85.0 Å². The summed E-state index contributed by atoms with van der Waals surface area (Å²) in [7, 11) is 0. The van der Waals surface area contributed by atoms with Crippen LogP contribution in [0, 0.1) is 0 Å². The number of hydrogen-bond donors (Lipinski definition) is 0. The van der Waals surface area contributed by atoms with Crippen molar-refractivity contribution in [3.05, 3.63) is 239 Å². The first-order valence-corrected chi connectivity index (χ1v) is 17.8. The van der Waals surface area contributed by atoms with Crippen LogP contribution in [0.25, 0.3) is 33.4 Å². The number of rotatable bonds is 3. The molecule has 1 spiro atoms. The van der Waals surface area contributed by atoms with E-state index in [4.69, 9.17) is 4.74 Å². The summed E-state index contributed by atoms with van der Waals surface area (Å²) in [6.07, 6.45) is 0. The van der Waals surface area contributed by atoms with Gasteiger partial charge in [0.25, 0.3) is 0 Å². The van der Waals surface area contributed by atoms with Crippen LogP contribution in [0.1, 0.15) is 44.5 Å². The molecule has 1 heteroatoms. The Labute approximate surface area is 298 Å². The van der Waals surface area contributed by atoms with Crippen LogP contribution in [0.2, 0.25) is 0 Å². The molecule has 238 valence electrons. The third-order valence-corrected chi connectivity index (χ3v) is 11.6. The van der Waals surface area contributed by atoms with Gasteiger partial charge in [0.15, 0.2) is 0 Å². The molecule has 0 atom stereocenters. The Balaban J connectivity index is 1.25. The molecule has 0 saturated carbocycles. The minimum absolute atomic E-state index is 0.480. The summed E-state index contributed by atoms with van der Waals surface area (Å²) in [4.78, 5) is 0. The maximum atomic E-state index is 6.88. The maximum absolute atomic E-state index is 6.88. The topological polar surface area (TPSA) is 9.23 Å². The lowest BCUT2D eigenvalue weighted by atomic mass is 9.64. The molecule has 0 aromatic heterocycles. The zero-order valence-electron chi connectivity index (χ0n) is 27.9. The molecule has 2 aliphatic carbocycles. The van der Waals surface area contributed by atoms with Crippen molar-refractivity contribution in [1.82, 2.24) is 0 Å². The smallest absolute Gasteiger partial charge is 0.132 e. The molecule has 0 amide bonds. The molecular weight excluding hydrogens is 617 g/mol. The molecule has 1 aliphatic heterocycles. The summed E-state index contributed by atoms with van der Waals surface area (Å²) in [6, 6.07) is 71.4. The monoisotopic (exact) mass is 648 g/mol. The highest BCUT2D eigenvalue weighted by molar-refractivity contribution is 5.93. The predicted octanol–water partition coefficient (Wildman–Crippen LogP) is 12.2. The molecule has 0 fully saturated rings. The maximum Gasteiger partial charge on any atom is 0.132 e. The van der Waals surface area contributed by atoms with Gasteiger partial charge in [0.1, 0.15) is 11.5 Å². The fourth-order valence-electron chi connectivity index (χ4n) is 9.77. The van der Waals surface area contributed by atoms with Crippen molar-refractivity contribution in [2.24, 2.45) is 0 Å². The SMILES string of the molecule is c1ccc(C2(c3ccccc3)c3ccccc3-c3ccc(-c4cccc5c4C4(c6ccccc6O5)c5ccccc5-c5ccccc54)cc32)cc1. The highest BCUT2D eigenvalue weighted by Gasteiger charge is 2.52. The third kappa shape index (κ3) is 3.60. The molecule has 0 radical (unpaired) electrons. The van der Waals surface area contributed by atoms with Gasteiger partial charge in [-0.15, -0.1) is 0 Å². The lowest BCUT2D eigenvalue weighted by Crippen LogP contribution is -2.33. The Kier molecular flexibility index (Phi) is 5.86. The average molecular weight is 649 g/mol. The fourth-order valence-corrected chi connectivity index (χ4v) is 9.77. The van der Waals surface area contributed by atoms with E-state index in [1.165, 1.54) is 77.9 Å². The van der Waals surface area contributed by atoms with Gasteiger partial charge in [-0.3, -0.25) is 0 Å². The molecule has 3 aliphatic rings. The molecule has 0 N–H and O–H groups in total. The van der Waals surface area contributed by atoms with E-state index in [0.29, 0.717) is 0 Å². The molecule has 0 bridgehead atoms. The van der Waals surface area contributed by atoms with Crippen LogP contribution in [-0.2, 0) is 10.8 Å². The summed E-state index contributed by atoms with van der Waals surface area (Å²) < 4.78 is 6.88. The van der Waals surface area contributed by atoms with Crippen molar-refractivity contribution >= 4 is 0 Å². The standard InChI is InChI=1S/C50H32O/c1-3-16-34(17-4-1)49(35-18-5-2-6-19-35)41-24-10-7-22-39(41)40-31-30-33(32-45(40)49)36-23-15-29-47-48(36)50(44-27-13-14-28-46(44)51-47)42-25-11-8-20-37(42)38-21-9-12-26-43(38)50/h1-32H. The molecule has 1 nitrogen and oxygen atoms in total. The zero-order chi connectivity index (χ0) is 33.6. The van der Waals surface area contributed by atoms with Crippen LogP contribution in [0.15, 0.2) is 194 Å². The highest BCUT2D eigenvalue weighted by atomic mass is 16.5. The van der Waals surface area contributed by atoms with Gasteiger partial charge >= 0.3 is 0 Å². The van der Waals surface area contributed by atoms with E-state index in [2.05, 4.69) is 194 Å². The van der Waals surface area contributed by atoms with Crippen molar-refractivity contribution < 1.29 is 4.74 Å². The number of para-hydroxylation sites is 1. The first kappa shape index (κ1) is 28.4. The number of ether oxygens (including phenoxy) is 1. The minimum atomic E-state index is -0.550. The van der Waals surface area contributed by atoms with Gasteiger partial charge in [0.05, 0.1) is 10.8 Å². The minimum Gasteiger partial charge on any atom is -0.457 e. The highest BCUT2D eigenvalue weighted by Crippen LogP contribution is 2.64. The summed E-state index contributed by atoms with van der Waals surface area (Å²) in [5.41, 5.74) is 16.6. The van der Waals surface area contributed by atoms with E-state index in [1.54, 1.807) is 0 Å². The van der Waals surface area contributed by atoms with Gasteiger partial charge in [-0.1, -0.05) is 176 Å².